The first-order valence-electron chi connectivity index (χ1n) is 4.41. The lowest BCUT2D eigenvalue weighted by atomic mass is 10.1. The molecule has 1 amide bonds. The Hall–Kier alpha value is -2.42. The average Bonchev–Trinajstić information content (AvgIpc) is 2.21. The molecule has 0 spiro atoms. The molecule has 0 unspecified atom stereocenters. The minimum absolute atomic E-state index is 0.290. The van der Waals surface area contributed by atoms with Crippen LogP contribution < -0.4 is 5.73 Å². The van der Waals surface area contributed by atoms with Gasteiger partial charge in [-0.1, -0.05) is 11.8 Å². The Morgan fingerprint density at radius 3 is 2.47 bits per heavy atom. The van der Waals surface area contributed by atoms with E-state index in [0.717, 1.165) is 0 Å². The molecule has 0 saturated heterocycles. The van der Waals surface area contributed by atoms with E-state index in [1.165, 1.54) is 0 Å². The topological polar surface area (TPSA) is 80.4 Å². The highest BCUT2D eigenvalue weighted by atomic mass is 19.1. The first-order valence-corrected chi connectivity index (χ1v) is 4.41. The SMILES string of the molecule is NC(=O)CC#Cc1cc(F)c(C(=O)O)cc1F. The van der Waals surface area contributed by atoms with Crippen molar-refractivity contribution >= 4 is 11.9 Å². The maximum absolute atomic E-state index is 13.3. The summed E-state index contributed by atoms with van der Waals surface area (Å²) in [5.74, 6) is 0.0999. The molecule has 1 rings (SSSR count). The van der Waals surface area contributed by atoms with Crippen LogP contribution >= 0.6 is 0 Å². The molecule has 0 saturated carbocycles. The van der Waals surface area contributed by atoms with Crippen LogP contribution in [0, 0.1) is 23.5 Å². The Kier molecular flexibility index (Phi) is 3.78. The number of carboxylic acid groups (broad SMARTS) is 1. The van der Waals surface area contributed by atoms with E-state index in [1.807, 2.05) is 0 Å². The van der Waals surface area contributed by atoms with Crippen molar-refractivity contribution in [2.75, 3.05) is 0 Å². The number of carbonyl (C=O) groups is 2. The second-order valence-electron chi connectivity index (χ2n) is 3.06. The molecule has 17 heavy (non-hydrogen) atoms. The number of nitrogens with two attached hydrogens (primary N) is 1. The van der Waals surface area contributed by atoms with E-state index < -0.39 is 29.1 Å². The summed E-state index contributed by atoms with van der Waals surface area (Å²) in [6.07, 6.45) is -0.290. The second-order valence-corrected chi connectivity index (χ2v) is 3.06. The Morgan fingerprint density at radius 2 is 1.94 bits per heavy atom. The van der Waals surface area contributed by atoms with Gasteiger partial charge in [0.05, 0.1) is 17.5 Å². The zero-order valence-corrected chi connectivity index (χ0v) is 8.46. The van der Waals surface area contributed by atoms with Crippen molar-refractivity contribution in [1.82, 2.24) is 0 Å². The third kappa shape index (κ3) is 3.28. The van der Waals surface area contributed by atoms with Crippen molar-refractivity contribution in [3.63, 3.8) is 0 Å². The van der Waals surface area contributed by atoms with Crippen molar-refractivity contribution in [1.29, 1.82) is 0 Å². The lowest BCUT2D eigenvalue weighted by Gasteiger charge is -1.99. The van der Waals surface area contributed by atoms with Gasteiger partial charge in [0.25, 0.3) is 0 Å². The molecule has 0 aromatic heterocycles. The maximum Gasteiger partial charge on any atom is 0.338 e. The smallest absolute Gasteiger partial charge is 0.338 e. The van der Waals surface area contributed by atoms with Gasteiger partial charge in [-0.3, -0.25) is 4.79 Å². The number of primary amides is 1. The predicted octanol–water partition coefficient (Wildman–Crippen LogP) is 0.890. The minimum Gasteiger partial charge on any atom is -0.478 e. The van der Waals surface area contributed by atoms with E-state index in [0.29, 0.717) is 12.1 Å². The van der Waals surface area contributed by atoms with Crippen LogP contribution in [0.25, 0.3) is 0 Å². The molecule has 0 fully saturated rings. The van der Waals surface area contributed by atoms with Crippen LogP contribution in [-0.4, -0.2) is 17.0 Å². The molecule has 6 heteroatoms. The third-order valence-corrected chi connectivity index (χ3v) is 1.77. The number of amides is 1. The summed E-state index contributed by atoms with van der Waals surface area (Å²) in [5, 5.41) is 8.53. The molecule has 3 N–H and O–H groups in total. The fraction of sp³-hybridized carbons (Fsp3) is 0.0909. The summed E-state index contributed by atoms with van der Waals surface area (Å²) in [7, 11) is 0. The monoisotopic (exact) mass is 239 g/mol. The Morgan fingerprint density at radius 1 is 1.29 bits per heavy atom. The van der Waals surface area contributed by atoms with Crippen LogP contribution in [0.4, 0.5) is 8.78 Å². The molecule has 4 nitrogen and oxygen atoms in total. The Labute approximate surface area is 95.0 Å². The zero-order valence-electron chi connectivity index (χ0n) is 8.46. The fourth-order valence-corrected chi connectivity index (χ4v) is 1.03. The van der Waals surface area contributed by atoms with E-state index in [-0.39, 0.29) is 12.0 Å². The van der Waals surface area contributed by atoms with Crippen molar-refractivity contribution in [3.05, 3.63) is 34.9 Å². The molecule has 0 aliphatic rings. The summed E-state index contributed by atoms with van der Waals surface area (Å²) in [6, 6.07) is 1.19. The highest BCUT2D eigenvalue weighted by Gasteiger charge is 2.14. The van der Waals surface area contributed by atoms with Crippen molar-refractivity contribution in [2.45, 2.75) is 6.42 Å². The Bertz CT molecular complexity index is 544. The predicted molar refractivity (Wildman–Crippen MR) is 54.0 cm³/mol. The Balaban J connectivity index is 3.10. The number of carboxylic acids is 1. The lowest BCUT2D eigenvalue weighted by molar-refractivity contribution is -0.117. The molecule has 1 aromatic rings. The number of carbonyl (C=O) groups excluding carboxylic acids is 1. The molecule has 0 bridgehead atoms. The van der Waals surface area contributed by atoms with Crippen molar-refractivity contribution in [3.8, 4) is 11.8 Å². The number of aromatic carboxylic acids is 1. The molecule has 0 aliphatic carbocycles. The molecular formula is C11H7F2NO3. The third-order valence-electron chi connectivity index (χ3n) is 1.77. The average molecular weight is 239 g/mol. The summed E-state index contributed by atoms with van der Waals surface area (Å²) >= 11 is 0. The van der Waals surface area contributed by atoms with Crippen LogP contribution in [0.15, 0.2) is 12.1 Å². The van der Waals surface area contributed by atoms with Crippen molar-refractivity contribution < 1.29 is 23.5 Å². The first-order chi connectivity index (χ1) is 7.91. The number of hydrogen-bond donors (Lipinski definition) is 2. The molecule has 0 atom stereocenters. The summed E-state index contributed by atoms with van der Waals surface area (Å²) in [5.41, 5.74) is 3.70. The highest BCUT2D eigenvalue weighted by molar-refractivity contribution is 5.88. The molecule has 0 aliphatic heterocycles. The van der Waals surface area contributed by atoms with Crippen LogP contribution in [-0.2, 0) is 4.79 Å². The largest absolute Gasteiger partial charge is 0.478 e. The van der Waals surface area contributed by atoms with Crippen LogP contribution in [0.5, 0.6) is 0 Å². The molecule has 1 aromatic carbocycles. The van der Waals surface area contributed by atoms with Gasteiger partial charge in [-0.2, -0.15) is 0 Å². The van der Waals surface area contributed by atoms with Gasteiger partial charge < -0.3 is 10.8 Å². The summed E-state index contributed by atoms with van der Waals surface area (Å²) in [6.45, 7) is 0. The van der Waals surface area contributed by atoms with Gasteiger partial charge in [-0.05, 0) is 12.1 Å². The second kappa shape index (κ2) is 5.07. The van der Waals surface area contributed by atoms with Gasteiger partial charge in [-0.25, -0.2) is 13.6 Å². The van der Waals surface area contributed by atoms with Crippen LogP contribution in [0.1, 0.15) is 22.3 Å². The molecule has 0 radical (unpaired) electrons. The zero-order chi connectivity index (χ0) is 13.0. The summed E-state index contributed by atoms with van der Waals surface area (Å²) < 4.78 is 26.4. The minimum atomic E-state index is -1.57. The van der Waals surface area contributed by atoms with Crippen LogP contribution in [0.2, 0.25) is 0 Å². The van der Waals surface area contributed by atoms with E-state index >= 15 is 0 Å². The van der Waals surface area contributed by atoms with Crippen LogP contribution in [0.3, 0.4) is 0 Å². The van der Waals surface area contributed by atoms with Gasteiger partial charge in [-0.15, -0.1) is 0 Å². The maximum atomic E-state index is 13.3. The number of halogens is 2. The lowest BCUT2D eigenvalue weighted by Crippen LogP contribution is -2.08. The van der Waals surface area contributed by atoms with E-state index in [1.54, 1.807) is 0 Å². The number of benzene rings is 1. The highest BCUT2D eigenvalue weighted by Crippen LogP contribution is 2.14. The van der Waals surface area contributed by atoms with Gasteiger partial charge in [0, 0.05) is 0 Å². The van der Waals surface area contributed by atoms with E-state index in [2.05, 4.69) is 11.8 Å². The van der Waals surface area contributed by atoms with E-state index in [9.17, 15) is 18.4 Å². The number of rotatable bonds is 2. The summed E-state index contributed by atoms with van der Waals surface area (Å²) in [4.78, 5) is 20.8. The first kappa shape index (κ1) is 12.6. The van der Waals surface area contributed by atoms with Gasteiger partial charge >= 0.3 is 5.97 Å². The molecule has 88 valence electrons. The number of hydrogen-bond acceptors (Lipinski definition) is 2. The van der Waals surface area contributed by atoms with E-state index in [4.69, 9.17) is 10.8 Å². The molecule has 0 heterocycles. The van der Waals surface area contributed by atoms with Crippen molar-refractivity contribution in [2.24, 2.45) is 5.73 Å². The van der Waals surface area contributed by atoms with Gasteiger partial charge in [0.2, 0.25) is 5.91 Å². The fourth-order valence-electron chi connectivity index (χ4n) is 1.03. The molecular weight excluding hydrogens is 232 g/mol. The standard InChI is InChI=1S/C11H7F2NO3/c12-8-5-7(11(16)17)9(13)4-6(8)2-1-3-10(14)15/h4-5H,3H2,(H2,14,15)(H,16,17). The van der Waals surface area contributed by atoms with Gasteiger partial charge in [0.1, 0.15) is 11.6 Å². The van der Waals surface area contributed by atoms with Gasteiger partial charge in [0.15, 0.2) is 0 Å². The quantitative estimate of drug-likeness (QED) is 0.752. The normalized spacial score (nSPS) is 9.29.